The number of hydrogen-bond acceptors (Lipinski definition) is 7. The van der Waals surface area contributed by atoms with Gasteiger partial charge in [-0.1, -0.05) is 6.07 Å². The number of aryl methyl sites for hydroxylation is 1. The average molecular weight is 435 g/mol. The van der Waals surface area contributed by atoms with Gasteiger partial charge in [-0.3, -0.25) is 14.9 Å². The third-order valence-corrected chi connectivity index (χ3v) is 6.42. The van der Waals surface area contributed by atoms with Gasteiger partial charge in [0.15, 0.2) is 6.61 Å². The molecule has 0 spiro atoms. The Hall–Kier alpha value is -3.02. The topological polar surface area (TPSA) is 128 Å². The van der Waals surface area contributed by atoms with Gasteiger partial charge in [-0.15, -0.1) is 0 Å². The summed E-state index contributed by atoms with van der Waals surface area (Å²) in [5, 5.41) is 13.4. The van der Waals surface area contributed by atoms with Gasteiger partial charge in [-0.2, -0.15) is 4.31 Å². The summed E-state index contributed by atoms with van der Waals surface area (Å²) >= 11 is 0. The van der Waals surface area contributed by atoms with E-state index < -0.39 is 20.9 Å². The normalized spacial score (nSPS) is 14.8. The molecule has 10 nitrogen and oxygen atoms in total. The van der Waals surface area contributed by atoms with E-state index in [9.17, 15) is 23.3 Å². The summed E-state index contributed by atoms with van der Waals surface area (Å²) < 4.78 is 37.1. The first-order chi connectivity index (χ1) is 14.3. The molecule has 3 rings (SSSR count). The number of carbonyl (C=O) groups excluding carboxylic acids is 1. The summed E-state index contributed by atoms with van der Waals surface area (Å²) in [6.07, 6.45) is 0. The van der Waals surface area contributed by atoms with Gasteiger partial charge in [0.1, 0.15) is 5.75 Å². The molecule has 0 bridgehead atoms. The van der Waals surface area contributed by atoms with Crippen LogP contribution in [0.25, 0.3) is 0 Å². The predicted octanol–water partition coefficient (Wildman–Crippen LogP) is 1.94. The second-order valence-electron chi connectivity index (χ2n) is 6.58. The third kappa shape index (κ3) is 5.12. The molecule has 2 aromatic carbocycles. The monoisotopic (exact) mass is 435 g/mol. The number of nitrogens with zero attached hydrogens (tertiary/aromatic N) is 2. The first kappa shape index (κ1) is 21.7. The van der Waals surface area contributed by atoms with Gasteiger partial charge in [0, 0.05) is 25.2 Å². The molecule has 0 unspecified atom stereocenters. The van der Waals surface area contributed by atoms with Crippen LogP contribution in [-0.2, 0) is 19.6 Å². The van der Waals surface area contributed by atoms with Gasteiger partial charge in [0.05, 0.1) is 28.7 Å². The molecule has 0 atom stereocenters. The van der Waals surface area contributed by atoms with Gasteiger partial charge in [-0.25, -0.2) is 8.42 Å². The number of non-ortho nitro benzene ring substituents is 1. The minimum atomic E-state index is -3.60. The zero-order valence-corrected chi connectivity index (χ0v) is 17.1. The van der Waals surface area contributed by atoms with Gasteiger partial charge >= 0.3 is 0 Å². The molecule has 1 fully saturated rings. The van der Waals surface area contributed by atoms with Crippen LogP contribution in [0.2, 0.25) is 0 Å². The number of morpholine rings is 1. The van der Waals surface area contributed by atoms with E-state index >= 15 is 0 Å². The Morgan fingerprint density at radius 2 is 1.87 bits per heavy atom. The maximum Gasteiger partial charge on any atom is 0.271 e. The number of benzene rings is 2. The van der Waals surface area contributed by atoms with Crippen molar-refractivity contribution < 1.29 is 27.6 Å². The largest absolute Gasteiger partial charge is 0.484 e. The highest BCUT2D eigenvalue weighted by atomic mass is 32.2. The van der Waals surface area contributed by atoms with Crippen molar-refractivity contribution in [2.45, 2.75) is 11.8 Å². The number of amides is 1. The Kier molecular flexibility index (Phi) is 6.65. The molecule has 1 aliphatic rings. The fraction of sp³-hybridized carbons (Fsp3) is 0.316. The second-order valence-corrected chi connectivity index (χ2v) is 8.52. The van der Waals surface area contributed by atoms with Gasteiger partial charge < -0.3 is 14.8 Å². The lowest BCUT2D eigenvalue weighted by Gasteiger charge is -2.26. The Morgan fingerprint density at radius 3 is 2.50 bits per heavy atom. The van der Waals surface area contributed by atoms with Gasteiger partial charge in [0.2, 0.25) is 10.0 Å². The number of nitro groups is 1. The first-order valence-corrected chi connectivity index (χ1v) is 10.6. The fourth-order valence-corrected chi connectivity index (χ4v) is 4.25. The molecule has 0 aromatic heterocycles. The van der Waals surface area contributed by atoms with E-state index in [4.69, 9.17) is 9.47 Å². The van der Waals surface area contributed by atoms with E-state index in [1.165, 1.54) is 40.7 Å². The van der Waals surface area contributed by atoms with Crippen LogP contribution < -0.4 is 10.1 Å². The summed E-state index contributed by atoms with van der Waals surface area (Å²) in [6, 6.07) is 9.96. The van der Waals surface area contributed by atoms with Crippen molar-refractivity contribution in [1.82, 2.24) is 4.31 Å². The Bertz CT molecular complexity index is 1030. The standard InChI is InChI=1S/C19H21N3O7S/c1-14-2-3-15(22(24)25)12-18(14)20-19(23)13-29-16-4-6-17(7-5-16)30(26,27)21-8-10-28-11-9-21/h2-7,12H,8-11,13H2,1H3,(H,20,23). The van der Waals surface area contributed by atoms with Crippen LogP contribution in [-0.4, -0.2) is 56.5 Å². The molecule has 0 radical (unpaired) electrons. The molecular formula is C19H21N3O7S. The molecule has 1 aliphatic heterocycles. The SMILES string of the molecule is Cc1ccc([N+](=O)[O-])cc1NC(=O)COc1ccc(S(=O)(=O)N2CCOCC2)cc1. The highest BCUT2D eigenvalue weighted by Crippen LogP contribution is 2.23. The Morgan fingerprint density at radius 1 is 1.20 bits per heavy atom. The highest BCUT2D eigenvalue weighted by molar-refractivity contribution is 7.89. The number of ether oxygens (including phenoxy) is 2. The Labute approximate surface area is 173 Å². The lowest BCUT2D eigenvalue weighted by molar-refractivity contribution is -0.384. The highest BCUT2D eigenvalue weighted by Gasteiger charge is 2.26. The zero-order valence-electron chi connectivity index (χ0n) is 16.2. The molecule has 1 saturated heterocycles. The molecule has 1 amide bonds. The number of hydrogen-bond donors (Lipinski definition) is 1. The van der Waals surface area contributed by atoms with Crippen LogP contribution in [0.3, 0.4) is 0 Å². The van der Waals surface area contributed by atoms with Crippen LogP contribution in [0.4, 0.5) is 11.4 Å². The number of rotatable bonds is 7. The fourth-order valence-electron chi connectivity index (χ4n) is 2.84. The summed E-state index contributed by atoms with van der Waals surface area (Å²) in [5.41, 5.74) is 0.866. The molecule has 1 heterocycles. The number of sulfonamides is 1. The summed E-state index contributed by atoms with van der Waals surface area (Å²) in [4.78, 5) is 22.6. The molecule has 11 heteroatoms. The lowest BCUT2D eigenvalue weighted by atomic mass is 10.2. The molecule has 1 N–H and O–H groups in total. The van der Waals surface area contributed by atoms with E-state index in [0.29, 0.717) is 43.3 Å². The predicted molar refractivity (Wildman–Crippen MR) is 108 cm³/mol. The van der Waals surface area contributed by atoms with E-state index in [1.54, 1.807) is 13.0 Å². The van der Waals surface area contributed by atoms with Crippen molar-refractivity contribution in [3.05, 3.63) is 58.1 Å². The molecule has 0 aliphatic carbocycles. The minimum Gasteiger partial charge on any atom is -0.484 e. The van der Waals surface area contributed by atoms with Crippen LogP contribution in [0, 0.1) is 17.0 Å². The lowest BCUT2D eigenvalue weighted by Crippen LogP contribution is -2.40. The van der Waals surface area contributed by atoms with Crippen molar-refractivity contribution in [3.63, 3.8) is 0 Å². The van der Waals surface area contributed by atoms with Crippen molar-refractivity contribution in [2.75, 3.05) is 38.2 Å². The second kappa shape index (κ2) is 9.20. The van der Waals surface area contributed by atoms with Crippen molar-refractivity contribution >= 4 is 27.3 Å². The van der Waals surface area contributed by atoms with Crippen molar-refractivity contribution in [3.8, 4) is 5.75 Å². The molecular weight excluding hydrogens is 414 g/mol. The number of carbonyl (C=O) groups is 1. The number of nitro benzene ring substituents is 1. The molecule has 160 valence electrons. The van der Waals surface area contributed by atoms with Crippen molar-refractivity contribution in [2.24, 2.45) is 0 Å². The molecule has 30 heavy (non-hydrogen) atoms. The van der Waals surface area contributed by atoms with Crippen LogP contribution in [0.1, 0.15) is 5.56 Å². The third-order valence-electron chi connectivity index (χ3n) is 4.51. The van der Waals surface area contributed by atoms with Gasteiger partial charge in [0.25, 0.3) is 11.6 Å². The smallest absolute Gasteiger partial charge is 0.271 e. The van der Waals surface area contributed by atoms with E-state index in [1.807, 2.05) is 0 Å². The van der Waals surface area contributed by atoms with Crippen LogP contribution in [0.5, 0.6) is 5.75 Å². The number of nitrogens with one attached hydrogen (secondary N) is 1. The van der Waals surface area contributed by atoms with E-state index in [-0.39, 0.29) is 17.2 Å². The summed E-state index contributed by atoms with van der Waals surface area (Å²) in [7, 11) is -3.60. The van der Waals surface area contributed by atoms with Crippen LogP contribution >= 0.6 is 0 Å². The first-order valence-electron chi connectivity index (χ1n) is 9.13. The van der Waals surface area contributed by atoms with Gasteiger partial charge in [-0.05, 0) is 36.8 Å². The molecule has 0 saturated carbocycles. The summed E-state index contributed by atoms with van der Waals surface area (Å²) in [5.74, 6) is -0.176. The Balaban J connectivity index is 1.59. The zero-order chi connectivity index (χ0) is 21.7. The van der Waals surface area contributed by atoms with Crippen molar-refractivity contribution in [1.29, 1.82) is 0 Å². The minimum absolute atomic E-state index is 0.131. The average Bonchev–Trinajstić information content (AvgIpc) is 2.74. The summed E-state index contributed by atoms with van der Waals surface area (Å²) in [6.45, 7) is 2.71. The quantitative estimate of drug-likeness (QED) is 0.520. The van der Waals surface area contributed by atoms with E-state index in [2.05, 4.69) is 5.32 Å². The maximum absolute atomic E-state index is 12.6. The number of anilines is 1. The van der Waals surface area contributed by atoms with E-state index in [0.717, 1.165) is 0 Å². The maximum atomic E-state index is 12.6. The van der Waals surface area contributed by atoms with Crippen LogP contribution in [0.15, 0.2) is 47.4 Å². The molecule has 2 aromatic rings.